The van der Waals surface area contributed by atoms with Gasteiger partial charge in [0.05, 0.1) is 25.8 Å². The summed E-state index contributed by atoms with van der Waals surface area (Å²) in [4.78, 5) is 24.6. The minimum Gasteiger partial charge on any atom is -0.497 e. The van der Waals surface area contributed by atoms with Gasteiger partial charge in [0.15, 0.2) is 6.61 Å². The van der Waals surface area contributed by atoms with E-state index in [1.807, 2.05) is 25.1 Å². The molecule has 0 saturated heterocycles. The van der Waals surface area contributed by atoms with E-state index < -0.39 is 5.97 Å². The van der Waals surface area contributed by atoms with Crippen molar-refractivity contribution < 1.29 is 23.8 Å². The summed E-state index contributed by atoms with van der Waals surface area (Å²) in [7, 11) is 3.15. The number of hydrogen-bond acceptors (Lipinski definition) is 5. The van der Waals surface area contributed by atoms with Gasteiger partial charge in [-0.2, -0.15) is 0 Å². The smallest absolute Gasteiger partial charge is 0.338 e. The van der Waals surface area contributed by atoms with Gasteiger partial charge >= 0.3 is 5.97 Å². The Morgan fingerprint density at radius 3 is 2.48 bits per heavy atom. The lowest BCUT2D eigenvalue weighted by Crippen LogP contribution is -2.31. The van der Waals surface area contributed by atoms with E-state index in [1.165, 1.54) is 17.5 Å². The van der Waals surface area contributed by atoms with Crippen LogP contribution in [-0.2, 0) is 22.4 Å². The van der Waals surface area contributed by atoms with E-state index >= 15 is 0 Å². The number of hydrogen-bond donors (Lipinski definition) is 1. The van der Waals surface area contributed by atoms with Gasteiger partial charge in [-0.15, -0.1) is 0 Å². The number of benzene rings is 2. The first-order valence-corrected chi connectivity index (χ1v) is 9.82. The fourth-order valence-corrected chi connectivity index (χ4v) is 3.61. The Bertz CT molecular complexity index is 893. The van der Waals surface area contributed by atoms with Gasteiger partial charge in [-0.1, -0.05) is 6.07 Å². The van der Waals surface area contributed by atoms with E-state index in [4.69, 9.17) is 14.2 Å². The lowest BCUT2D eigenvalue weighted by Gasteiger charge is -2.18. The van der Waals surface area contributed by atoms with Crippen molar-refractivity contribution in [2.75, 3.05) is 20.8 Å². The molecule has 0 saturated carbocycles. The zero-order valence-electron chi connectivity index (χ0n) is 17.1. The van der Waals surface area contributed by atoms with Crippen molar-refractivity contribution in [1.29, 1.82) is 0 Å². The van der Waals surface area contributed by atoms with Gasteiger partial charge < -0.3 is 19.5 Å². The molecule has 2 aromatic rings. The van der Waals surface area contributed by atoms with Gasteiger partial charge in [-0.25, -0.2) is 4.79 Å². The highest BCUT2D eigenvalue weighted by atomic mass is 16.5. The largest absolute Gasteiger partial charge is 0.497 e. The van der Waals surface area contributed by atoms with E-state index in [2.05, 4.69) is 5.32 Å². The van der Waals surface area contributed by atoms with Gasteiger partial charge in [-0.3, -0.25) is 4.79 Å². The van der Waals surface area contributed by atoms with E-state index in [9.17, 15) is 9.59 Å². The molecule has 1 N–H and O–H groups in total. The number of carbonyl (C=O) groups excluding carboxylic acids is 2. The number of ether oxygens (including phenoxy) is 3. The Kier molecular flexibility index (Phi) is 6.75. The zero-order chi connectivity index (χ0) is 20.8. The van der Waals surface area contributed by atoms with Crippen LogP contribution in [0.4, 0.5) is 0 Å². The average molecular weight is 397 g/mol. The van der Waals surface area contributed by atoms with Crippen LogP contribution in [-0.4, -0.2) is 32.7 Å². The average Bonchev–Trinajstić information content (AvgIpc) is 2.76. The second kappa shape index (κ2) is 9.45. The summed E-state index contributed by atoms with van der Waals surface area (Å²) in [6.07, 6.45) is 4.36. The third-order valence-electron chi connectivity index (χ3n) is 5.20. The van der Waals surface area contributed by atoms with Crippen molar-refractivity contribution in [3.05, 3.63) is 58.7 Å². The Hall–Kier alpha value is -3.02. The second-order valence-electron chi connectivity index (χ2n) is 7.16. The van der Waals surface area contributed by atoms with E-state index in [-0.39, 0.29) is 18.6 Å². The Balaban J connectivity index is 1.57. The number of carbonyl (C=O) groups is 2. The Morgan fingerprint density at radius 1 is 1.00 bits per heavy atom. The molecule has 0 unspecified atom stereocenters. The molecule has 1 amide bonds. The zero-order valence-corrected chi connectivity index (χ0v) is 17.1. The summed E-state index contributed by atoms with van der Waals surface area (Å²) in [5.41, 5.74) is 3.77. The first kappa shape index (κ1) is 20.7. The molecule has 0 aromatic heterocycles. The number of amides is 1. The molecule has 29 heavy (non-hydrogen) atoms. The third kappa shape index (κ3) is 5.08. The van der Waals surface area contributed by atoms with Crippen molar-refractivity contribution in [3.8, 4) is 11.5 Å². The van der Waals surface area contributed by atoms with Gasteiger partial charge in [0.1, 0.15) is 11.5 Å². The van der Waals surface area contributed by atoms with Gasteiger partial charge in [0, 0.05) is 5.56 Å². The van der Waals surface area contributed by atoms with Gasteiger partial charge in [0.2, 0.25) is 0 Å². The monoisotopic (exact) mass is 397 g/mol. The van der Waals surface area contributed by atoms with Crippen molar-refractivity contribution in [2.24, 2.45) is 0 Å². The van der Waals surface area contributed by atoms with Crippen molar-refractivity contribution in [1.82, 2.24) is 5.32 Å². The molecule has 6 heteroatoms. The molecule has 154 valence electrons. The standard InChI is InChI=1S/C23H27NO5/c1-15(20-13-19(27-2)10-11-21(20)28-3)24-22(25)14-29-23(26)18-9-8-16-6-4-5-7-17(16)12-18/h8-13,15H,4-7,14H2,1-3H3,(H,24,25)/t15-/m1/s1. The SMILES string of the molecule is COc1ccc(OC)c([C@@H](C)NC(=O)COC(=O)c2ccc3c(c2)CCCC3)c1. The van der Waals surface area contributed by atoms with E-state index in [0.29, 0.717) is 17.1 Å². The highest BCUT2D eigenvalue weighted by Gasteiger charge is 2.18. The number of nitrogens with one attached hydrogen (secondary N) is 1. The molecule has 0 bridgehead atoms. The maximum absolute atomic E-state index is 12.3. The van der Waals surface area contributed by atoms with Crippen LogP contribution < -0.4 is 14.8 Å². The summed E-state index contributed by atoms with van der Waals surface area (Å²) in [5.74, 6) is 0.444. The van der Waals surface area contributed by atoms with Gasteiger partial charge in [0.25, 0.3) is 5.91 Å². The van der Waals surface area contributed by atoms with Crippen LogP contribution in [0, 0.1) is 0 Å². The molecule has 2 aromatic carbocycles. The van der Waals surface area contributed by atoms with E-state index in [1.54, 1.807) is 32.4 Å². The number of esters is 1. The highest BCUT2D eigenvalue weighted by Crippen LogP contribution is 2.29. The number of aryl methyl sites for hydroxylation is 2. The molecule has 0 heterocycles. The van der Waals surface area contributed by atoms with Crippen molar-refractivity contribution in [2.45, 2.75) is 38.6 Å². The molecule has 0 spiro atoms. The summed E-state index contributed by atoms with van der Waals surface area (Å²) < 4.78 is 15.8. The lowest BCUT2D eigenvalue weighted by molar-refractivity contribution is -0.124. The molecular formula is C23H27NO5. The maximum Gasteiger partial charge on any atom is 0.338 e. The second-order valence-corrected chi connectivity index (χ2v) is 7.16. The summed E-state index contributed by atoms with van der Waals surface area (Å²) >= 11 is 0. The molecule has 1 aliphatic carbocycles. The van der Waals surface area contributed by atoms with E-state index in [0.717, 1.165) is 24.8 Å². The normalized spacial score (nSPS) is 13.8. The molecule has 0 radical (unpaired) electrons. The summed E-state index contributed by atoms with van der Waals surface area (Å²) in [5, 5.41) is 2.83. The van der Waals surface area contributed by atoms with Crippen LogP contribution in [0.25, 0.3) is 0 Å². The number of rotatable bonds is 7. The predicted molar refractivity (Wildman–Crippen MR) is 109 cm³/mol. The maximum atomic E-state index is 12.3. The van der Waals surface area contributed by atoms with Crippen LogP contribution in [0.3, 0.4) is 0 Å². The van der Waals surface area contributed by atoms with Crippen molar-refractivity contribution in [3.63, 3.8) is 0 Å². The molecule has 6 nitrogen and oxygen atoms in total. The van der Waals surface area contributed by atoms with Gasteiger partial charge in [-0.05, 0) is 74.1 Å². The molecule has 1 atom stereocenters. The third-order valence-corrected chi connectivity index (χ3v) is 5.20. The molecule has 0 fully saturated rings. The topological polar surface area (TPSA) is 73.9 Å². The molecular weight excluding hydrogens is 370 g/mol. The summed E-state index contributed by atoms with van der Waals surface area (Å²) in [6, 6.07) is 10.7. The fraction of sp³-hybridized carbons (Fsp3) is 0.391. The minimum absolute atomic E-state index is 0.338. The molecule has 3 rings (SSSR count). The first-order chi connectivity index (χ1) is 14.0. The van der Waals surface area contributed by atoms with Crippen LogP contribution >= 0.6 is 0 Å². The highest BCUT2D eigenvalue weighted by molar-refractivity contribution is 5.91. The Morgan fingerprint density at radius 2 is 1.76 bits per heavy atom. The van der Waals surface area contributed by atoms with Crippen molar-refractivity contribution >= 4 is 11.9 Å². The minimum atomic E-state index is -0.486. The van der Waals surface area contributed by atoms with Crippen LogP contribution in [0.15, 0.2) is 36.4 Å². The number of fused-ring (bicyclic) bond motifs is 1. The molecule has 1 aliphatic rings. The number of methoxy groups -OCH3 is 2. The first-order valence-electron chi connectivity index (χ1n) is 9.82. The quantitative estimate of drug-likeness (QED) is 0.723. The lowest BCUT2D eigenvalue weighted by atomic mass is 9.90. The summed E-state index contributed by atoms with van der Waals surface area (Å²) in [6.45, 7) is 1.49. The fourth-order valence-electron chi connectivity index (χ4n) is 3.61. The predicted octanol–water partition coefficient (Wildman–Crippen LogP) is 3.62. The molecule has 0 aliphatic heterocycles. The van der Waals surface area contributed by atoms with Crippen LogP contribution in [0.1, 0.15) is 52.9 Å². The Labute approximate surface area is 171 Å². The van der Waals surface area contributed by atoms with Crippen LogP contribution in [0.5, 0.6) is 11.5 Å². The van der Waals surface area contributed by atoms with Crippen LogP contribution in [0.2, 0.25) is 0 Å².